The number of hydrogen-bond acceptors (Lipinski definition) is 4. The minimum absolute atomic E-state index is 0.0810. The van der Waals surface area contributed by atoms with Crippen molar-refractivity contribution in [2.24, 2.45) is 11.8 Å². The van der Waals surface area contributed by atoms with Crippen LogP contribution in [0.15, 0.2) is 24.4 Å². The van der Waals surface area contributed by atoms with Crippen LogP contribution < -0.4 is 15.0 Å². The van der Waals surface area contributed by atoms with E-state index in [9.17, 15) is 13.6 Å². The summed E-state index contributed by atoms with van der Waals surface area (Å²) in [6, 6.07) is 3.35. The van der Waals surface area contributed by atoms with E-state index < -0.39 is 11.6 Å². The second-order valence-electron chi connectivity index (χ2n) is 9.12. The van der Waals surface area contributed by atoms with Gasteiger partial charge in [-0.15, -0.1) is 0 Å². The van der Waals surface area contributed by atoms with Gasteiger partial charge in [0.25, 0.3) is 5.91 Å². The third-order valence-corrected chi connectivity index (χ3v) is 6.76. The standard InChI is InChI=1S/C23H25F2N3O2/c1-13-3-4-28(12-13)20-18(21(29)27-23-8-14(9-23)10-23)11-26-22(30-2)19(20)15-5-16(24)7-17(25)6-15/h5-7,11,13-14H,3-4,8-10,12H2,1-2H3,(H,27,29). The first kappa shape index (κ1) is 19.3. The molecule has 1 aliphatic heterocycles. The predicted octanol–water partition coefficient (Wildman–Crippen LogP) is 4.16. The molecule has 1 aromatic carbocycles. The number of amides is 1. The van der Waals surface area contributed by atoms with E-state index in [4.69, 9.17) is 4.74 Å². The van der Waals surface area contributed by atoms with Gasteiger partial charge in [-0.05, 0) is 55.2 Å². The van der Waals surface area contributed by atoms with E-state index in [-0.39, 0.29) is 17.3 Å². The zero-order valence-electron chi connectivity index (χ0n) is 17.2. The van der Waals surface area contributed by atoms with E-state index in [0.29, 0.717) is 28.3 Å². The molecule has 30 heavy (non-hydrogen) atoms. The second-order valence-corrected chi connectivity index (χ2v) is 9.12. The molecule has 4 fully saturated rings. The molecule has 2 aromatic rings. The minimum atomic E-state index is -0.684. The molecule has 158 valence electrons. The largest absolute Gasteiger partial charge is 0.480 e. The van der Waals surface area contributed by atoms with E-state index in [2.05, 4.69) is 22.1 Å². The van der Waals surface area contributed by atoms with Crippen LogP contribution in [0.2, 0.25) is 0 Å². The number of aromatic nitrogens is 1. The fourth-order valence-corrected chi connectivity index (χ4v) is 5.17. The van der Waals surface area contributed by atoms with Gasteiger partial charge in [-0.1, -0.05) is 6.92 Å². The van der Waals surface area contributed by atoms with Gasteiger partial charge in [0.15, 0.2) is 0 Å². The Hall–Kier alpha value is -2.70. The fourth-order valence-electron chi connectivity index (χ4n) is 5.17. The summed E-state index contributed by atoms with van der Waals surface area (Å²) in [4.78, 5) is 19.7. The van der Waals surface area contributed by atoms with Gasteiger partial charge in [0.1, 0.15) is 11.6 Å². The monoisotopic (exact) mass is 413 g/mol. The Morgan fingerprint density at radius 2 is 1.93 bits per heavy atom. The number of anilines is 1. The van der Waals surface area contributed by atoms with Crippen LogP contribution in [0, 0.1) is 23.5 Å². The van der Waals surface area contributed by atoms with Crippen LogP contribution in [-0.4, -0.2) is 36.6 Å². The summed E-state index contributed by atoms with van der Waals surface area (Å²) in [5.74, 6) is -0.112. The Kier molecular flexibility index (Phi) is 4.45. The van der Waals surface area contributed by atoms with Crippen LogP contribution in [0.1, 0.15) is 43.0 Å². The lowest BCUT2D eigenvalue weighted by Crippen LogP contribution is -2.68. The van der Waals surface area contributed by atoms with Crippen molar-refractivity contribution in [2.75, 3.05) is 25.1 Å². The van der Waals surface area contributed by atoms with Crippen molar-refractivity contribution in [2.45, 2.75) is 38.1 Å². The van der Waals surface area contributed by atoms with Gasteiger partial charge >= 0.3 is 0 Å². The number of methoxy groups -OCH3 is 1. The highest BCUT2D eigenvalue weighted by atomic mass is 19.1. The van der Waals surface area contributed by atoms with Crippen LogP contribution in [-0.2, 0) is 0 Å². The lowest BCUT2D eigenvalue weighted by molar-refractivity contribution is -0.0438. The van der Waals surface area contributed by atoms with Crippen molar-refractivity contribution < 1.29 is 18.3 Å². The molecule has 5 nitrogen and oxygen atoms in total. The Bertz CT molecular complexity index is 988. The maximum atomic E-state index is 14.1. The van der Waals surface area contributed by atoms with E-state index in [0.717, 1.165) is 50.8 Å². The molecule has 1 atom stereocenters. The van der Waals surface area contributed by atoms with Gasteiger partial charge in [-0.2, -0.15) is 0 Å². The second kappa shape index (κ2) is 6.93. The minimum Gasteiger partial charge on any atom is -0.480 e. The quantitative estimate of drug-likeness (QED) is 0.800. The van der Waals surface area contributed by atoms with Crippen molar-refractivity contribution in [1.29, 1.82) is 0 Å². The molecular weight excluding hydrogens is 388 g/mol. The van der Waals surface area contributed by atoms with Gasteiger partial charge in [-0.25, -0.2) is 13.8 Å². The third-order valence-electron chi connectivity index (χ3n) is 6.76. The molecule has 1 unspecified atom stereocenters. The van der Waals surface area contributed by atoms with Gasteiger partial charge in [0, 0.05) is 30.9 Å². The Morgan fingerprint density at radius 1 is 1.23 bits per heavy atom. The van der Waals surface area contributed by atoms with Crippen LogP contribution in [0.4, 0.5) is 14.5 Å². The molecule has 3 aliphatic carbocycles. The number of benzene rings is 1. The molecule has 2 bridgehead atoms. The molecular formula is C23H25F2N3O2. The van der Waals surface area contributed by atoms with Crippen LogP contribution in [0.3, 0.4) is 0 Å². The molecule has 0 radical (unpaired) electrons. The summed E-state index contributed by atoms with van der Waals surface area (Å²) in [6.45, 7) is 3.67. The van der Waals surface area contributed by atoms with Crippen molar-refractivity contribution in [3.05, 3.63) is 41.6 Å². The van der Waals surface area contributed by atoms with Gasteiger partial charge in [0.2, 0.25) is 5.88 Å². The van der Waals surface area contributed by atoms with Gasteiger partial charge < -0.3 is 15.0 Å². The van der Waals surface area contributed by atoms with Crippen molar-refractivity contribution in [3.8, 4) is 17.0 Å². The number of nitrogens with zero attached hydrogens (tertiary/aromatic N) is 2. The highest BCUT2D eigenvalue weighted by Crippen LogP contribution is 2.57. The first-order valence-electron chi connectivity index (χ1n) is 10.5. The average molecular weight is 413 g/mol. The van der Waals surface area contributed by atoms with Crippen LogP contribution >= 0.6 is 0 Å². The maximum Gasteiger partial charge on any atom is 0.255 e. The van der Waals surface area contributed by atoms with E-state index >= 15 is 0 Å². The SMILES string of the molecule is COc1ncc(C(=O)NC23CC(C2)C3)c(N2CCC(C)C2)c1-c1cc(F)cc(F)c1. The van der Waals surface area contributed by atoms with Crippen molar-refractivity contribution in [3.63, 3.8) is 0 Å². The Labute approximate surface area is 174 Å². The summed E-state index contributed by atoms with van der Waals surface area (Å²) < 4.78 is 33.6. The first-order chi connectivity index (χ1) is 14.4. The highest BCUT2D eigenvalue weighted by Gasteiger charge is 2.57. The van der Waals surface area contributed by atoms with Crippen LogP contribution in [0.5, 0.6) is 5.88 Å². The number of carbonyl (C=O) groups is 1. The van der Waals surface area contributed by atoms with Crippen molar-refractivity contribution >= 4 is 11.6 Å². The summed E-state index contributed by atoms with van der Waals surface area (Å²) in [5.41, 5.74) is 1.75. The average Bonchev–Trinajstić information content (AvgIpc) is 3.07. The van der Waals surface area contributed by atoms with Gasteiger partial charge in [-0.3, -0.25) is 4.79 Å². The summed E-state index contributed by atoms with van der Waals surface area (Å²) in [6.07, 6.45) is 5.59. The molecule has 1 amide bonds. The zero-order valence-corrected chi connectivity index (χ0v) is 17.2. The summed E-state index contributed by atoms with van der Waals surface area (Å²) in [7, 11) is 1.47. The van der Waals surface area contributed by atoms with E-state index in [1.165, 1.54) is 25.4 Å². The molecule has 1 aromatic heterocycles. The predicted molar refractivity (Wildman–Crippen MR) is 110 cm³/mol. The third kappa shape index (κ3) is 3.11. The van der Waals surface area contributed by atoms with E-state index in [1.54, 1.807) is 0 Å². The topological polar surface area (TPSA) is 54.5 Å². The number of pyridine rings is 1. The smallest absolute Gasteiger partial charge is 0.255 e. The summed E-state index contributed by atoms with van der Waals surface area (Å²) in [5, 5.41) is 3.19. The summed E-state index contributed by atoms with van der Waals surface area (Å²) >= 11 is 0. The lowest BCUT2D eigenvalue weighted by Gasteiger charge is -2.61. The normalized spacial score (nSPS) is 26.7. The number of rotatable bonds is 5. The maximum absolute atomic E-state index is 14.1. The molecule has 4 aliphatic rings. The first-order valence-corrected chi connectivity index (χ1v) is 10.5. The van der Waals surface area contributed by atoms with E-state index in [1.807, 2.05) is 0 Å². The molecule has 3 saturated carbocycles. The lowest BCUT2D eigenvalue weighted by atomic mass is 9.50. The number of nitrogens with one attached hydrogen (secondary N) is 1. The van der Waals surface area contributed by atoms with Crippen LogP contribution in [0.25, 0.3) is 11.1 Å². The number of hydrogen-bond donors (Lipinski definition) is 1. The molecule has 0 spiro atoms. The van der Waals surface area contributed by atoms with Crippen molar-refractivity contribution in [1.82, 2.24) is 10.3 Å². The molecule has 2 heterocycles. The molecule has 1 saturated heterocycles. The fraction of sp³-hybridized carbons (Fsp3) is 0.478. The molecule has 6 rings (SSSR count). The Balaban J connectivity index is 1.65. The highest BCUT2D eigenvalue weighted by molar-refractivity contribution is 6.04. The zero-order chi connectivity index (χ0) is 21.0. The number of carbonyl (C=O) groups excluding carboxylic acids is 1. The Morgan fingerprint density at radius 3 is 2.47 bits per heavy atom. The molecule has 1 N–H and O–H groups in total. The number of ether oxygens (including phenoxy) is 1. The molecule has 7 heteroatoms. The number of halogens is 2. The van der Waals surface area contributed by atoms with Gasteiger partial charge in [0.05, 0.1) is 23.9 Å².